The summed E-state index contributed by atoms with van der Waals surface area (Å²) < 4.78 is 16.3. The average Bonchev–Trinajstić information content (AvgIpc) is 2.49. The van der Waals surface area contributed by atoms with E-state index < -0.39 is 0 Å². The van der Waals surface area contributed by atoms with Crippen LogP contribution in [0.5, 0.6) is 0 Å². The molecule has 2 fully saturated rings. The molecule has 5 nitrogen and oxygen atoms in total. The van der Waals surface area contributed by atoms with Crippen LogP contribution in [-0.4, -0.2) is 76.3 Å². The number of nitrogens with zero attached hydrogens (tertiary/aromatic N) is 1. The molecule has 0 saturated carbocycles. The van der Waals surface area contributed by atoms with Gasteiger partial charge in [-0.1, -0.05) is 13.8 Å². The minimum atomic E-state index is -0.0355. The van der Waals surface area contributed by atoms with Gasteiger partial charge < -0.3 is 19.5 Å². The van der Waals surface area contributed by atoms with Crippen LogP contribution in [0.4, 0.5) is 0 Å². The monoisotopic (exact) mass is 316 g/mol. The smallest absolute Gasteiger partial charge is 0.0752 e. The molecule has 5 heteroatoms. The van der Waals surface area contributed by atoms with Crippen molar-refractivity contribution < 1.29 is 14.2 Å². The molecule has 2 heterocycles. The molecule has 1 N–H and O–H groups in total. The lowest BCUT2D eigenvalue weighted by Crippen LogP contribution is -2.46. The summed E-state index contributed by atoms with van der Waals surface area (Å²) >= 11 is 0. The second kappa shape index (κ2) is 11.4. The quantitative estimate of drug-likeness (QED) is 0.809. The molecule has 0 aromatic heterocycles. The lowest BCUT2D eigenvalue weighted by Gasteiger charge is -2.35. The molecule has 0 atom stereocenters. The molecular formula is C17H36N2O3. The van der Waals surface area contributed by atoms with Crippen molar-refractivity contribution in [2.24, 2.45) is 5.92 Å². The summed E-state index contributed by atoms with van der Waals surface area (Å²) in [4.78, 5) is 2.43. The normalized spacial score (nSPS) is 20.6. The first-order valence-electron chi connectivity index (χ1n) is 8.72. The van der Waals surface area contributed by atoms with E-state index in [2.05, 4.69) is 37.9 Å². The van der Waals surface area contributed by atoms with Gasteiger partial charge in [0.15, 0.2) is 0 Å². The van der Waals surface area contributed by atoms with Crippen LogP contribution in [0.3, 0.4) is 0 Å². The predicted molar refractivity (Wildman–Crippen MR) is 90.4 cm³/mol. The molecule has 0 bridgehead atoms. The molecule has 2 saturated heterocycles. The molecule has 2 aliphatic rings. The summed E-state index contributed by atoms with van der Waals surface area (Å²) in [6.45, 7) is 18.4. The Labute approximate surface area is 136 Å². The summed E-state index contributed by atoms with van der Waals surface area (Å²) in [6.07, 6.45) is 1.15. The lowest BCUT2D eigenvalue weighted by molar-refractivity contribution is -0.0613. The molecule has 0 spiro atoms. The number of ether oxygens (including phenoxy) is 3. The highest BCUT2D eigenvalue weighted by Gasteiger charge is 2.23. The van der Waals surface area contributed by atoms with E-state index in [1.54, 1.807) is 0 Å². The van der Waals surface area contributed by atoms with E-state index >= 15 is 0 Å². The van der Waals surface area contributed by atoms with E-state index in [-0.39, 0.29) is 5.60 Å². The Balaban J connectivity index is 0.000000335. The lowest BCUT2D eigenvalue weighted by atomic mass is 10.1. The van der Waals surface area contributed by atoms with E-state index in [1.807, 2.05) is 0 Å². The summed E-state index contributed by atoms with van der Waals surface area (Å²) in [5.74, 6) is 0.721. The van der Waals surface area contributed by atoms with Crippen LogP contribution in [0.1, 0.15) is 34.1 Å². The van der Waals surface area contributed by atoms with Crippen LogP contribution in [0.2, 0.25) is 0 Å². The van der Waals surface area contributed by atoms with Crippen LogP contribution < -0.4 is 5.32 Å². The third kappa shape index (κ3) is 10.5. The molecule has 0 radical (unpaired) electrons. The highest BCUT2D eigenvalue weighted by atomic mass is 16.5. The van der Waals surface area contributed by atoms with E-state index in [0.717, 1.165) is 78.1 Å². The fourth-order valence-electron chi connectivity index (χ4n) is 2.43. The van der Waals surface area contributed by atoms with Crippen molar-refractivity contribution in [3.63, 3.8) is 0 Å². The van der Waals surface area contributed by atoms with Gasteiger partial charge in [0.05, 0.1) is 32.0 Å². The summed E-state index contributed by atoms with van der Waals surface area (Å²) in [6, 6.07) is 0. The van der Waals surface area contributed by atoms with E-state index in [0.29, 0.717) is 0 Å². The zero-order valence-electron chi connectivity index (χ0n) is 15.0. The van der Waals surface area contributed by atoms with E-state index in [9.17, 15) is 0 Å². The number of nitrogens with one attached hydrogen (secondary N) is 1. The number of rotatable bonds is 6. The Bertz CT molecular complexity index is 251. The van der Waals surface area contributed by atoms with Crippen molar-refractivity contribution >= 4 is 0 Å². The zero-order chi connectivity index (χ0) is 16.3. The molecule has 22 heavy (non-hydrogen) atoms. The minimum Gasteiger partial charge on any atom is -0.379 e. The molecular weight excluding hydrogens is 280 g/mol. The molecule has 0 aromatic carbocycles. The van der Waals surface area contributed by atoms with E-state index in [1.165, 1.54) is 0 Å². The maximum Gasteiger partial charge on any atom is 0.0752 e. The Hall–Kier alpha value is -0.200. The highest BCUT2D eigenvalue weighted by molar-refractivity contribution is 4.76. The van der Waals surface area contributed by atoms with Crippen molar-refractivity contribution in [2.45, 2.75) is 39.7 Å². The van der Waals surface area contributed by atoms with Gasteiger partial charge in [0.25, 0.3) is 0 Å². The van der Waals surface area contributed by atoms with Gasteiger partial charge in [-0.2, -0.15) is 0 Å². The van der Waals surface area contributed by atoms with Gasteiger partial charge in [0.1, 0.15) is 0 Å². The van der Waals surface area contributed by atoms with Gasteiger partial charge in [0, 0.05) is 39.3 Å². The van der Waals surface area contributed by atoms with Crippen LogP contribution in [-0.2, 0) is 14.2 Å². The van der Waals surface area contributed by atoms with Crippen molar-refractivity contribution in [3.05, 3.63) is 0 Å². The van der Waals surface area contributed by atoms with Gasteiger partial charge in [-0.05, 0) is 26.2 Å². The fourth-order valence-corrected chi connectivity index (χ4v) is 2.43. The zero-order valence-corrected chi connectivity index (χ0v) is 15.0. The summed E-state index contributed by atoms with van der Waals surface area (Å²) in [7, 11) is 0. The van der Waals surface area contributed by atoms with Gasteiger partial charge >= 0.3 is 0 Å². The van der Waals surface area contributed by atoms with Crippen LogP contribution >= 0.6 is 0 Å². The number of hydrogen-bond donors (Lipinski definition) is 1. The molecule has 0 aromatic rings. The molecule has 132 valence electrons. The molecule has 2 rings (SSSR count). The Morgan fingerprint density at radius 2 is 1.64 bits per heavy atom. The standard InChI is InChI=1S/C13H27NO2.C4H9NO/c1-12(2)5-8-16-13(3,4)11-14-6-9-15-10-7-14;1-3-6-4-2-5-1/h12H,5-11H2,1-4H3;5H,1-4H2. The van der Waals surface area contributed by atoms with Crippen LogP contribution in [0.15, 0.2) is 0 Å². The molecule has 0 aliphatic carbocycles. The van der Waals surface area contributed by atoms with Crippen LogP contribution in [0, 0.1) is 5.92 Å². The Morgan fingerprint density at radius 3 is 2.09 bits per heavy atom. The maximum atomic E-state index is 5.96. The SMILES string of the molecule is C1COCCN1.CC(C)CCOC(C)(C)CN1CCOCC1. The second-order valence-electron chi connectivity index (χ2n) is 7.04. The van der Waals surface area contributed by atoms with E-state index in [4.69, 9.17) is 14.2 Å². The minimum absolute atomic E-state index is 0.0355. The third-order valence-corrected chi connectivity index (χ3v) is 3.74. The van der Waals surface area contributed by atoms with Crippen molar-refractivity contribution in [1.29, 1.82) is 0 Å². The first-order valence-corrected chi connectivity index (χ1v) is 8.72. The molecule has 0 unspecified atom stereocenters. The van der Waals surface area contributed by atoms with Gasteiger partial charge in [-0.25, -0.2) is 0 Å². The molecule has 0 amide bonds. The third-order valence-electron chi connectivity index (χ3n) is 3.74. The number of hydrogen-bond acceptors (Lipinski definition) is 5. The van der Waals surface area contributed by atoms with Gasteiger partial charge in [0.2, 0.25) is 0 Å². The van der Waals surface area contributed by atoms with Gasteiger partial charge in [-0.3, -0.25) is 4.90 Å². The Kier molecular flexibility index (Phi) is 10.2. The second-order valence-corrected chi connectivity index (χ2v) is 7.04. The number of morpholine rings is 2. The first kappa shape index (κ1) is 19.8. The Morgan fingerprint density at radius 1 is 1.05 bits per heavy atom. The molecule has 2 aliphatic heterocycles. The summed E-state index contributed by atoms with van der Waals surface area (Å²) in [5.41, 5.74) is -0.0355. The van der Waals surface area contributed by atoms with Crippen molar-refractivity contribution in [3.8, 4) is 0 Å². The summed E-state index contributed by atoms with van der Waals surface area (Å²) in [5, 5.41) is 3.16. The predicted octanol–water partition coefficient (Wildman–Crippen LogP) is 1.77. The average molecular weight is 316 g/mol. The highest BCUT2D eigenvalue weighted by Crippen LogP contribution is 2.14. The largest absolute Gasteiger partial charge is 0.379 e. The van der Waals surface area contributed by atoms with Crippen molar-refractivity contribution in [2.75, 3.05) is 65.8 Å². The maximum absolute atomic E-state index is 5.96. The topological polar surface area (TPSA) is 43.0 Å². The van der Waals surface area contributed by atoms with Crippen molar-refractivity contribution in [1.82, 2.24) is 10.2 Å². The first-order chi connectivity index (χ1) is 10.5. The van der Waals surface area contributed by atoms with Crippen LogP contribution in [0.25, 0.3) is 0 Å². The van der Waals surface area contributed by atoms with Gasteiger partial charge in [-0.15, -0.1) is 0 Å². The fraction of sp³-hybridized carbons (Fsp3) is 1.00.